The standard InChI is InChI=1S/C90H176O17P2/c1-8-10-11-12-13-14-15-16-17-18-19-23-26-31-36-43-50-57-64-71-87(92)100-77-85(106-89(94)73-66-59-52-44-37-32-27-24-21-20-22-25-30-35-42-49-56-63-70-83(7)9-2)79-104-108(96,97)102-75-84(91)76-103-109(98,99)105-80-86(78-101-88(93)72-65-58-51-46-39-41-48-55-62-69-82(5)6)107-90(95)74-67-60-53-45-38-33-28-29-34-40-47-54-61-68-81(3)4/h81-86,91H,8-80H2,1-7H3,(H,96,97)(H,98,99)/t83?,84-,85-,86-/m1/s1. The van der Waals surface area contributed by atoms with Crippen LogP contribution in [0.25, 0.3) is 0 Å². The Morgan fingerprint density at radius 3 is 0.697 bits per heavy atom. The molecule has 0 fully saturated rings. The Bertz CT molecular complexity index is 2100. The molecule has 0 aromatic heterocycles. The van der Waals surface area contributed by atoms with Crippen LogP contribution in [-0.4, -0.2) is 96.7 Å². The molecule has 3 unspecified atom stereocenters. The van der Waals surface area contributed by atoms with Crippen molar-refractivity contribution in [1.82, 2.24) is 0 Å². The number of ether oxygens (including phenoxy) is 4. The summed E-state index contributed by atoms with van der Waals surface area (Å²) in [5, 5.41) is 10.7. The molecule has 0 amide bonds. The van der Waals surface area contributed by atoms with Crippen molar-refractivity contribution in [2.45, 2.75) is 497 Å². The zero-order valence-corrected chi connectivity index (χ0v) is 73.8. The number of aliphatic hydroxyl groups is 1. The van der Waals surface area contributed by atoms with Crippen LogP contribution in [0.5, 0.6) is 0 Å². The molecule has 0 radical (unpaired) electrons. The predicted octanol–water partition coefficient (Wildman–Crippen LogP) is 27.6. The highest BCUT2D eigenvalue weighted by molar-refractivity contribution is 7.47. The van der Waals surface area contributed by atoms with Crippen molar-refractivity contribution >= 4 is 39.5 Å². The van der Waals surface area contributed by atoms with Gasteiger partial charge >= 0.3 is 39.5 Å². The maximum atomic E-state index is 13.2. The van der Waals surface area contributed by atoms with E-state index in [0.29, 0.717) is 25.7 Å². The zero-order chi connectivity index (χ0) is 80.0. The lowest BCUT2D eigenvalue weighted by Gasteiger charge is -2.21. The number of rotatable bonds is 88. The first-order valence-electron chi connectivity index (χ1n) is 46.4. The molecule has 0 rings (SSSR count). The van der Waals surface area contributed by atoms with Gasteiger partial charge in [-0.3, -0.25) is 37.3 Å². The fraction of sp³-hybridized carbons (Fsp3) is 0.956. The highest BCUT2D eigenvalue weighted by atomic mass is 31.2. The molecule has 109 heavy (non-hydrogen) atoms. The van der Waals surface area contributed by atoms with Crippen molar-refractivity contribution in [3.8, 4) is 0 Å². The molecule has 0 bridgehead atoms. The highest BCUT2D eigenvalue weighted by Crippen LogP contribution is 2.45. The number of carbonyl (C=O) groups excluding carboxylic acids is 4. The van der Waals surface area contributed by atoms with E-state index in [0.717, 1.165) is 108 Å². The molecule has 0 saturated heterocycles. The second-order valence-corrected chi connectivity index (χ2v) is 36.4. The number of aliphatic hydroxyl groups excluding tert-OH is 1. The van der Waals surface area contributed by atoms with Crippen LogP contribution in [0, 0.1) is 17.8 Å². The molecule has 3 N–H and O–H groups in total. The molecule has 19 heteroatoms. The Hall–Kier alpha value is -1.94. The minimum atomic E-state index is -4.97. The molecule has 6 atom stereocenters. The normalized spacial score (nSPS) is 14.1. The lowest BCUT2D eigenvalue weighted by Crippen LogP contribution is -2.30. The molecule has 0 aliphatic carbocycles. The van der Waals surface area contributed by atoms with E-state index >= 15 is 0 Å². The van der Waals surface area contributed by atoms with E-state index in [1.165, 1.54) is 289 Å². The predicted molar refractivity (Wildman–Crippen MR) is 451 cm³/mol. The van der Waals surface area contributed by atoms with Gasteiger partial charge in [0.05, 0.1) is 26.4 Å². The van der Waals surface area contributed by atoms with Gasteiger partial charge in [-0.2, -0.15) is 0 Å². The SMILES string of the molecule is CCCCCCCCCCCCCCCCCCCCCC(=O)OC[C@H](COP(=O)(O)OC[C@@H](O)COP(=O)(O)OC[C@@H](COC(=O)CCCCCCCCCCCC(C)C)OC(=O)CCCCCCCCCCCCCCCC(C)C)OC(=O)CCCCCCCCCCCCCCCCCCCCC(C)CC. The van der Waals surface area contributed by atoms with Crippen molar-refractivity contribution in [1.29, 1.82) is 0 Å². The Morgan fingerprint density at radius 2 is 0.468 bits per heavy atom. The van der Waals surface area contributed by atoms with Crippen LogP contribution >= 0.6 is 15.6 Å². The molecule has 17 nitrogen and oxygen atoms in total. The average molecular weight is 1590 g/mol. The number of unbranched alkanes of at least 4 members (excludes halogenated alkanes) is 55. The second-order valence-electron chi connectivity index (χ2n) is 33.5. The van der Waals surface area contributed by atoms with Gasteiger partial charge in [0.25, 0.3) is 0 Å². The summed E-state index contributed by atoms with van der Waals surface area (Å²) in [4.78, 5) is 73.4. The number of hydrogen-bond acceptors (Lipinski definition) is 15. The number of esters is 4. The molecule has 0 saturated carbocycles. The van der Waals surface area contributed by atoms with E-state index in [1.54, 1.807) is 0 Å². The zero-order valence-electron chi connectivity index (χ0n) is 72.0. The molecular weight excluding hydrogens is 1410 g/mol. The average Bonchev–Trinajstić information content (AvgIpc) is 0.898. The fourth-order valence-corrected chi connectivity index (χ4v) is 15.6. The molecule has 0 heterocycles. The van der Waals surface area contributed by atoms with Crippen molar-refractivity contribution in [2.75, 3.05) is 39.6 Å². The quantitative estimate of drug-likeness (QED) is 0.0222. The van der Waals surface area contributed by atoms with Crippen molar-refractivity contribution in [3.63, 3.8) is 0 Å². The third-order valence-electron chi connectivity index (χ3n) is 21.5. The van der Waals surface area contributed by atoms with Gasteiger partial charge < -0.3 is 33.8 Å². The van der Waals surface area contributed by atoms with Crippen LogP contribution < -0.4 is 0 Å². The second kappa shape index (κ2) is 79.9. The van der Waals surface area contributed by atoms with Gasteiger partial charge in [-0.05, 0) is 43.4 Å². The van der Waals surface area contributed by atoms with Crippen LogP contribution in [0.2, 0.25) is 0 Å². The van der Waals surface area contributed by atoms with Gasteiger partial charge in [0.15, 0.2) is 12.2 Å². The smallest absolute Gasteiger partial charge is 0.462 e. The van der Waals surface area contributed by atoms with Crippen LogP contribution in [0.3, 0.4) is 0 Å². The van der Waals surface area contributed by atoms with Crippen molar-refractivity contribution in [2.24, 2.45) is 17.8 Å². The van der Waals surface area contributed by atoms with Gasteiger partial charge in [0.2, 0.25) is 0 Å². The highest BCUT2D eigenvalue weighted by Gasteiger charge is 2.31. The first-order valence-corrected chi connectivity index (χ1v) is 49.4. The summed E-state index contributed by atoms with van der Waals surface area (Å²) < 4.78 is 69.0. The van der Waals surface area contributed by atoms with Gasteiger partial charge in [0.1, 0.15) is 19.3 Å². The molecule has 0 aromatic carbocycles. The van der Waals surface area contributed by atoms with E-state index in [4.69, 9.17) is 37.0 Å². The topological polar surface area (TPSA) is 237 Å². The van der Waals surface area contributed by atoms with Gasteiger partial charge in [-0.15, -0.1) is 0 Å². The van der Waals surface area contributed by atoms with Crippen LogP contribution in [0.1, 0.15) is 479 Å². The third kappa shape index (κ3) is 82.4. The van der Waals surface area contributed by atoms with Crippen LogP contribution in [0.15, 0.2) is 0 Å². The van der Waals surface area contributed by atoms with Gasteiger partial charge in [-0.25, -0.2) is 9.13 Å². The minimum Gasteiger partial charge on any atom is -0.462 e. The molecule has 0 aliphatic rings. The summed E-state index contributed by atoms with van der Waals surface area (Å²) in [6.45, 7) is 12.1. The largest absolute Gasteiger partial charge is 0.472 e. The van der Waals surface area contributed by atoms with Crippen LogP contribution in [0.4, 0.5) is 0 Å². The first-order chi connectivity index (χ1) is 52.8. The van der Waals surface area contributed by atoms with Crippen LogP contribution in [-0.2, 0) is 65.4 Å². The van der Waals surface area contributed by atoms with E-state index in [-0.39, 0.29) is 25.7 Å². The third-order valence-corrected chi connectivity index (χ3v) is 23.4. The van der Waals surface area contributed by atoms with Crippen molar-refractivity contribution in [3.05, 3.63) is 0 Å². The summed E-state index contributed by atoms with van der Waals surface area (Å²) in [6, 6.07) is 0. The molecular formula is C90H176O17P2. The Balaban J connectivity index is 5.25. The fourth-order valence-electron chi connectivity index (χ4n) is 14.0. The number of phosphoric ester groups is 2. The van der Waals surface area contributed by atoms with E-state index < -0.39 is 97.5 Å². The minimum absolute atomic E-state index is 0.107. The first kappa shape index (κ1) is 107. The summed E-state index contributed by atoms with van der Waals surface area (Å²) in [5.74, 6) is 0.302. The molecule has 648 valence electrons. The molecule has 0 aliphatic heterocycles. The summed E-state index contributed by atoms with van der Waals surface area (Å²) in [6.07, 6.45) is 72.2. The van der Waals surface area contributed by atoms with Gasteiger partial charge in [0, 0.05) is 25.7 Å². The number of phosphoric acid groups is 2. The van der Waals surface area contributed by atoms with E-state index in [9.17, 15) is 43.2 Å². The maximum Gasteiger partial charge on any atom is 0.472 e. The maximum absolute atomic E-state index is 13.2. The van der Waals surface area contributed by atoms with Crippen molar-refractivity contribution < 1.29 is 80.2 Å². The monoisotopic (exact) mass is 1590 g/mol. The number of carbonyl (C=O) groups is 4. The Labute approximate surface area is 670 Å². The molecule has 0 aromatic rings. The van der Waals surface area contributed by atoms with E-state index in [1.807, 2.05) is 0 Å². The molecule has 0 spiro atoms. The Morgan fingerprint density at radius 1 is 0.266 bits per heavy atom. The van der Waals surface area contributed by atoms with E-state index in [2.05, 4.69) is 48.5 Å². The lowest BCUT2D eigenvalue weighted by molar-refractivity contribution is -0.161. The summed E-state index contributed by atoms with van der Waals surface area (Å²) >= 11 is 0. The summed E-state index contributed by atoms with van der Waals surface area (Å²) in [5.41, 5.74) is 0. The van der Waals surface area contributed by atoms with Gasteiger partial charge in [-0.1, -0.05) is 427 Å². The Kier molecular flexibility index (Phi) is 78.5. The summed E-state index contributed by atoms with van der Waals surface area (Å²) in [7, 11) is -9.94. The number of hydrogen-bond donors (Lipinski definition) is 3. The lowest BCUT2D eigenvalue weighted by atomic mass is 9.99.